The summed E-state index contributed by atoms with van der Waals surface area (Å²) in [6.45, 7) is 0.473. The van der Waals surface area contributed by atoms with Crippen molar-refractivity contribution in [2.45, 2.75) is 13.0 Å². The second-order valence-electron chi connectivity index (χ2n) is 5.40. The van der Waals surface area contributed by atoms with E-state index in [0.717, 1.165) is 5.56 Å². The lowest BCUT2D eigenvalue weighted by molar-refractivity contribution is -0.121. The number of benzene rings is 2. The van der Waals surface area contributed by atoms with Crippen molar-refractivity contribution in [2.24, 2.45) is 0 Å². The quantitative estimate of drug-likeness (QED) is 0.775. The first-order valence-electron chi connectivity index (χ1n) is 7.59. The summed E-state index contributed by atoms with van der Waals surface area (Å²) in [5.41, 5.74) is 2.14. The van der Waals surface area contributed by atoms with E-state index >= 15 is 0 Å². The molecule has 0 spiro atoms. The average molecular weight is 342 g/mol. The molecule has 0 atom stereocenters. The number of nitrogens with one attached hydrogen (secondary N) is 1. The molecule has 0 saturated carbocycles. The van der Waals surface area contributed by atoms with E-state index in [-0.39, 0.29) is 18.0 Å². The lowest BCUT2D eigenvalue weighted by Gasteiger charge is -2.10. The number of aromatic nitrogens is 2. The number of halogens is 1. The van der Waals surface area contributed by atoms with Crippen molar-refractivity contribution < 1.29 is 4.79 Å². The second kappa shape index (κ2) is 7.27. The van der Waals surface area contributed by atoms with Gasteiger partial charge in [0.2, 0.25) is 5.91 Å². The van der Waals surface area contributed by atoms with Gasteiger partial charge in [-0.05, 0) is 36.2 Å². The Bertz CT molecular complexity index is 919. The Morgan fingerprint density at radius 2 is 1.88 bits per heavy atom. The standard InChI is InChI=1S/C18H16ClN3O2/c19-14-7-5-13(6-8-14)9-10-20-17(23)12-22-16-4-2-1-3-15(16)21-11-18(22)24/h1-8,11H,9-10,12H2,(H,20,23). The maximum absolute atomic E-state index is 12.1. The molecule has 1 N–H and O–H groups in total. The van der Waals surface area contributed by atoms with Crippen LogP contribution in [0.25, 0.3) is 11.0 Å². The first-order valence-corrected chi connectivity index (χ1v) is 7.97. The fraction of sp³-hybridized carbons (Fsp3) is 0.167. The van der Waals surface area contributed by atoms with Crippen molar-refractivity contribution in [1.29, 1.82) is 0 Å². The predicted molar refractivity (Wildman–Crippen MR) is 94.2 cm³/mol. The Morgan fingerprint density at radius 3 is 2.67 bits per heavy atom. The van der Waals surface area contributed by atoms with Gasteiger partial charge in [-0.2, -0.15) is 0 Å². The zero-order chi connectivity index (χ0) is 16.9. The second-order valence-corrected chi connectivity index (χ2v) is 5.83. The molecule has 3 rings (SSSR count). The summed E-state index contributed by atoms with van der Waals surface area (Å²) < 4.78 is 1.43. The molecule has 2 aromatic carbocycles. The van der Waals surface area contributed by atoms with Crippen LogP contribution in [0.1, 0.15) is 5.56 Å². The summed E-state index contributed by atoms with van der Waals surface area (Å²) in [6.07, 6.45) is 1.94. The van der Waals surface area contributed by atoms with Crippen molar-refractivity contribution >= 4 is 28.5 Å². The van der Waals surface area contributed by atoms with E-state index in [0.29, 0.717) is 29.0 Å². The molecule has 0 unspecified atom stereocenters. The van der Waals surface area contributed by atoms with Gasteiger partial charge >= 0.3 is 0 Å². The normalized spacial score (nSPS) is 10.7. The maximum Gasteiger partial charge on any atom is 0.269 e. The Labute approximate surface area is 143 Å². The zero-order valence-corrected chi connectivity index (χ0v) is 13.7. The molecular weight excluding hydrogens is 326 g/mol. The van der Waals surface area contributed by atoms with E-state index in [2.05, 4.69) is 10.3 Å². The molecule has 5 nitrogen and oxygen atoms in total. The largest absolute Gasteiger partial charge is 0.354 e. The zero-order valence-electron chi connectivity index (χ0n) is 12.9. The summed E-state index contributed by atoms with van der Waals surface area (Å²) in [5.74, 6) is -0.206. The van der Waals surface area contributed by atoms with Gasteiger partial charge < -0.3 is 5.32 Å². The van der Waals surface area contributed by atoms with E-state index in [9.17, 15) is 9.59 Å². The van der Waals surface area contributed by atoms with E-state index in [1.807, 2.05) is 42.5 Å². The molecule has 24 heavy (non-hydrogen) atoms. The molecule has 0 aliphatic rings. The molecule has 0 fully saturated rings. The number of rotatable bonds is 5. The van der Waals surface area contributed by atoms with E-state index in [1.54, 1.807) is 6.07 Å². The number of hydrogen-bond donors (Lipinski definition) is 1. The highest BCUT2D eigenvalue weighted by Gasteiger charge is 2.08. The highest BCUT2D eigenvalue weighted by Crippen LogP contribution is 2.10. The fourth-order valence-corrected chi connectivity index (χ4v) is 2.60. The lowest BCUT2D eigenvalue weighted by Crippen LogP contribution is -2.33. The first-order chi connectivity index (χ1) is 11.6. The lowest BCUT2D eigenvalue weighted by atomic mass is 10.1. The monoisotopic (exact) mass is 341 g/mol. The summed E-state index contributed by atoms with van der Waals surface area (Å²) in [6, 6.07) is 14.7. The van der Waals surface area contributed by atoms with Crippen LogP contribution in [0.15, 0.2) is 59.5 Å². The molecule has 6 heteroatoms. The molecule has 0 saturated heterocycles. The fourth-order valence-electron chi connectivity index (χ4n) is 2.47. The van der Waals surface area contributed by atoms with Gasteiger partial charge in [0.1, 0.15) is 6.54 Å². The Kier molecular flexibility index (Phi) is 4.91. The molecule has 1 aromatic heterocycles. The number of para-hydroxylation sites is 2. The van der Waals surface area contributed by atoms with E-state index < -0.39 is 0 Å². The smallest absolute Gasteiger partial charge is 0.269 e. The van der Waals surface area contributed by atoms with Gasteiger partial charge in [-0.1, -0.05) is 35.9 Å². The van der Waals surface area contributed by atoms with Crippen molar-refractivity contribution in [2.75, 3.05) is 6.54 Å². The van der Waals surface area contributed by atoms with Gasteiger partial charge in [-0.3, -0.25) is 14.2 Å². The van der Waals surface area contributed by atoms with Crippen LogP contribution < -0.4 is 10.9 Å². The molecule has 3 aromatic rings. The summed E-state index contributed by atoms with van der Waals surface area (Å²) >= 11 is 5.84. The topological polar surface area (TPSA) is 64.0 Å². The van der Waals surface area contributed by atoms with Crippen LogP contribution in [0, 0.1) is 0 Å². The Balaban J connectivity index is 1.64. The van der Waals surface area contributed by atoms with Crippen LogP contribution in [0.4, 0.5) is 0 Å². The minimum atomic E-state index is -0.290. The first kappa shape index (κ1) is 16.2. The van der Waals surface area contributed by atoms with Gasteiger partial charge in [-0.15, -0.1) is 0 Å². The van der Waals surface area contributed by atoms with E-state index in [4.69, 9.17) is 11.6 Å². The number of hydrogen-bond acceptors (Lipinski definition) is 3. The Hall–Kier alpha value is -2.66. The van der Waals surface area contributed by atoms with E-state index in [1.165, 1.54) is 10.8 Å². The molecule has 0 aliphatic heterocycles. The van der Waals surface area contributed by atoms with Crippen LogP contribution in [-0.2, 0) is 17.8 Å². The van der Waals surface area contributed by atoms with Gasteiger partial charge in [-0.25, -0.2) is 4.98 Å². The third-order valence-electron chi connectivity index (χ3n) is 3.70. The molecular formula is C18H16ClN3O2. The molecule has 122 valence electrons. The van der Waals surface area contributed by atoms with Crippen LogP contribution in [0.3, 0.4) is 0 Å². The molecule has 0 bridgehead atoms. The minimum absolute atomic E-state index is 0.0253. The van der Waals surface area contributed by atoms with Crippen LogP contribution in [-0.4, -0.2) is 22.0 Å². The minimum Gasteiger partial charge on any atom is -0.354 e. The number of carbonyl (C=O) groups excluding carboxylic acids is 1. The molecule has 1 amide bonds. The number of nitrogens with zero attached hydrogens (tertiary/aromatic N) is 2. The molecule has 1 heterocycles. The number of carbonyl (C=O) groups is 1. The Morgan fingerprint density at radius 1 is 1.12 bits per heavy atom. The summed E-state index contributed by atoms with van der Waals surface area (Å²) in [4.78, 5) is 28.2. The van der Waals surface area contributed by atoms with Gasteiger partial charge in [0, 0.05) is 11.6 Å². The third-order valence-corrected chi connectivity index (χ3v) is 3.96. The third kappa shape index (κ3) is 3.81. The van der Waals surface area contributed by atoms with Crippen LogP contribution in [0.2, 0.25) is 5.02 Å². The number of fused-ring (bicyclic) bond motifs is 1. The summed E-state index contributed by atoms with van der Waals surface area (Å²) in [5, 5.41) is 3.52. The predicted octanol–water partition coefficient (Wildman–Crippen LogP) is 2.41. The van der Waals surface area contributed by atoms with Crippen LogP contribution in [0.5, 0.6) is 0 Å². The van der Waals surface area contributed by atoms with Crippen molar-refractivity contribution in [3.8, 4) is 0 Å². The highest BCUT2D eigenvalue weighted by molar-refractivity contribution is 6.30. The highest BCUT2D eigenvalue weighted by atomic mass is 35.5. The van der Waals surface area contributed by atoms with Gasteiger partial charge in [0.15, 0.2) is 0 Å². The van der Waals surface area contributed by atoms with Crippen molar-refractivity contribution in [3.63, 3.8) is 0 Å². The average Bonchev–Trinajstić information content (AvgIpc) is 2.59. The summed E-state index contributed by atoms with van der Waals surface area (Å²) in [7, 11) is 0. The molecule has 0 aliphatic carbocycles. The molecule has 0 radical (unpaired) electrons. The maximum atomic E-state index is 12.1. The number of amides is 1. The van der Waals surface area contributed by atoms with Crippen molar-refractivity contribution in [1.82, 2.24) is 14.9 Å². The van der Waals surface area contributed by atoms with Gasteiger partial charge in [0.25, 0.3) is 5.56 Å². The SMILES string of the molecule is O=C(Cn1c(=O)cnc2ccccc21)NCCc1ccc(Cl)cc1. The van der Waals surface area contributed by atoms with Crippen LogP contribution >= 0.6 is 11.6 Å². The van der Waals surface area contributed by atoms with Gasteiger partial charge in [0.05, 0.1) is 17.2 Å². The van der Waals surface area contributed by atoms with Crippen molar-refractivity contribution in [3.05, 3.63) is 75.7 Å².